The number of nitrogens with zero attached hydrogens (tertiary/aromatic N) is 1. The fraction of sp³-hybridized carbons (Fsp3) is 0.136. The average molecular weight is 424 g/mol. The molecule has 2 amide bonds. The van der Waals surface area contributed by atoms with Gasteiger partial charge in [0.05, 0.1) is 10.9 Å². The number of thioether (sulfide) groups is 1. The Morgan fingerprint density at radius 2 is 1.90 bits per heavy atom. The second kappa shape index (κ2) is 10.0. The second-order valence-electron chi connectivity index (χ2n) is 6.30. The van der Waals surface area contributed by atoms with Crippen molar-refractivity contribution in [2.75, 3.05) is 10.6 Å². The zero-order valence-electron chi connectivity index (χ0n) is 16.1. The van der Waals surface area contributed by atoms with Crippen LogP contribution >= 0.6 is 23.1 Å². The number of thiazole rings is 1. The number of carbonyl (C=O) groups is 2. The summed E-state index contributed by atoms with van der Waals surface area (Å²) in [7, 11) is 0. The van der Waals surface area contributed by atoms with Crippen LogP contribution in [-0.2, 0) is 9.59 Å². The van der Waals surface area contributed by atoms with Crippen LogP contribution in [0.1, 0.15) is 18.2 Å². The van der Waals surface area contributed by atoms with Crippen LogP contribution in [0.4, 0.5) is 10.8 Å². The normalized spacial score (nSPS) is 11.9. The monoisotopic (exact) mass is 423 g/mol. The van der Waals surface area contributed by atoms with Gasteiger partial charge in [-0.2, -0.15) is 0 Å². The minimum atomic E-state index is -0.303. The van der Waals surface area contributed by atoms with Crippen LogP contribution in [-0.4, -0.2) is 22.0 Å². The van der Waals surface area contributed by atoms with Crippen LogP contribution in [0.2, 0.25) is 0 Å². The van der Waals surface area contributed by atoms with Gasteiger partial charge in [-0.1, -0.05) is 36.4 Å². The maximum Gasteiger partial charge on any atom is 0.248 e. The van der Waals surface area contributed by atoms with Crippen molar-refractivity contribution in [1.29, 1.82) is 0 Å². The molecule has 0 bridgehead atoms. The van der Waals surface area contributed by atoms with Crippen molar-refractivity contribution in [3.63, 3.8) is 0 Å². The molecule has 0 saturated heterocycles. The topological polar surface area (TPSA) is 71.1 Å². The van der Waals surface area contributed by atoms with Gasteiger partial charge in [-0.3, -0.25) is 9.59 Å². The van der Waals surface area contributed by atoms with Crippen molar-refractivity contribution < 1.29 is 9.59 Å². The molecular weight excluding hydrogens is 402 g/mol. The molecule has 1 aromatic heterocycles. The second-order valence-corrected chi connectivity index (χ2v) is 8.58. The fourth-order valence-corrected chi connectivity index (χ4v) is 4.06. The van der Waals surface area contributed by atoms with Gasteiger partial charge in [-0.25, -0.2) is 4.98 Å². The predicted octanol–water partition coefficient (Wildman–Crippen LogP) is 5.22. The molecule has 3 aromatic rings. The molecule has 148 valence electrons. The summed E-state index contributed by atoms with van der Waals surface area (Å²) in [6.45, 7) is 3.73. The highest BCUT2D eigenvalue weighted by Gasteiger charge is 2.16. The number of nitrogens with one attached hydrogen (secondary N) is 2. The summed E-state index contributed by atoms with van der Waals surface area (Å²) in [4.78, 5) is 29.7. The number of aromatic nitrogens is 1. The largest absolute Gasteiger partial charge is 0.322 e. The SMILES string of the molecule is Cc1csc(NC(=O)C(C)Sc2cccc(NC(=O)/C=C/c3ccccc3)c2)n1. The Labute approximate surface area is 178 Å². The lowest BCUT2D eigenvalue weighted by Gasteiger charge is -2.11. The van der Waals surface area contributed by atoms with Crippen LogP contribution in [0, 0.1) is 6.92 Å². The first-order valence-electron chi connectivity index (χ1n) is 9.03. The number of aryl methyl sites for hydroxylation is 1. The third-order valence-corrected chi connectivity index (χ3v) is 5.83. The van der Waals surface area contributed by atoms with E-state index in [4.69, 9.17) is 0 Å². The first-order chi connectivity index (χ1) is 14.0. The molecule has 0 spiro atoms. The Kier molecular flexibility index (Phi) is 7.21. The third-order valence-electron chi connectivity index (χ3n) is 3.86. The minimum absolute atomic E-state index is 0.107. The number of hydrogen-bond donors (Lipinski definition) is 2. The number of rotatable bonds is 7. The smallest absolute Gasteiger partial charge is 0.248 e. The highest BCUT2D eigenvalue weighted by molar-refractivity contribution is 8.00. The van der Waals surface area contributed by atoms with Gasteiger partial charge in [0.2, 0.25) is 11.8 Å². The van der Waals surface area contributed by atoms with Gasteiger partial charge in [0.25, 0.3) is 0 Å². The highest BCUT2D eigenvalue weighted by Crippen LogP contribution is 2.27. The van der Waals surface area contributed by atoms with E-state index in [2.05, 4.69) is 15.6 Å². The van der Waals surface area contributed by atoms with Crippen molar-refractivity contribution in [3.05, 3.63) is 77.3 Å². The van der Waals surface area contributed by atoms with Crippen LogP contribution in [0.15, 0.2) is 70.9 Å². The lowest BCUT2D eigenvalue weighted by atomic mass is 10.2. The molecule has 3 rings (SSSR count). The van der Waals surface area contributed by atoms with Crippen LogP contribution in [0.25, 0.3) is 6.08 Å². The van der Waals surface area contributed by atoms with E-state index >= 15 is 0 Å². The van der Waals surface area contributed by atoms with E-state index < -0.39 is 0 Å². The Hall–Kier alpha value is -2.90. The van der Waals surface area contributed by atoms with Gasteiger partial charge in [-0.15, -0.1) is 23.1 Å². The maximum atomic E-state index is 12.4. The summed E-state index contributed by atoms with van der Waals surface area (Å²) in [5.74, 6) is -0.314. The van der Waals surface area contributed by atoms with Gasteiger partial charge in [0, 0.05) is 22.0 Å². The minimum Gasteiger partial charge on any atom is -0.322 e. The zero-order valence-corrected chi connectivity index (χ0v) is 17.7. The molecular formula is C22H21N3O2S2. The highest BCUT2D eigenvalue weighted by atomic mass is 32.2. The van der Waals surface area contributed by atoms with Gasteiger partial charge in [0.1, 0.15) is 0 Å². The molecule has 2 aromatic carbocycles. The Balaban J connectivity index is 1.56. The van der Waals surface area contributed by atoms with Crippen molar-refractivity contribution in [2.45, 2.75) is 24.0 Å². The standard InChI is InChI=1S/C22H21N3O2S2/c1-15-14-28-22(23-15)25-21(27)16(2)29-19-10-6-9-18(13-19)24-20(26)12-11-17-7-4-3-5-8-17/h3-14,16H,1-2H3,(H,24,26)(H,23,25,27)/b12-11+. The summed E-state index contributed by atoms with van der Waals surface area (Å²) in [5.41, 5.74) is 2.53. The summed E-state index contributed by atoms with van der Waals surface area (Å²) in [6.07, 6.45) is 3.27. The van der Waals surface area contributed by atoms with E-state index in [0.29, 0.717) is 10.8 Å². The Bertz CT molecular complexity index is 1020. The van der Waals surface area contributed by atoms with E-state index in [1.165, 1.54) is 29.2 Å². The molecule has 1 unspecified atom stereocenters. The van der Waals surface area contributed by atoms with E-state index in [1.54, 1.807) is 6.08 Å². The maximum absolute atomic E-state index is 12.4. The van der Waals surface area contributed by atoms with Gasteiger partial charge in [-0.05, 0) is 43.7 Å². The molecule has 1 atom stereocenters. The average Bonchev–Trinajstić information content (AvgIpc) is 3.12. The molecule has 29 heavy (non-hydrogen) atoms. The molecule has 2 N–H and O–H groups in total. The Morgan fingerprint density at radius 1 is 1.10 bits per heavy atom. The quantitative estimate of drug-likeness (QED) is 0.404. The number of anilines is 2. The van der Waals surface area contributed by atoms with Gasteiger partial charge in [0.15, 0.2) is 5.13 Å². The van der Waals surface area contributed by atoms with Crippen molar-refractivity contribution in [1.82, 2.24) is 4.98 Å². The first-order valence-corrected chi connectivity index (χ1v) is 10.8. The number of amides is 2. The van der Waals surface area contributed by atoms with E-state index in [-0.39, 0.29) is 17.1 Å². The fourth-order valence-electron chi connectivity index (χ4n) is 2.44. The third kappa shape index (κ3) is 6.58. The number of carbonyl (C=O) groups excluding carboxylic acids is 2. The molecule has 0 fully saturated rings. The Morgan fingerprint density at radius 3 is 2.62 bits per heavy atom. The summed E-state index contributed by atoms with van der Waals surface area (Å²) < 4.78 is 0. The molecule has 1 heterocycles. The molecule has 5 nitrogen and oxygen atoms in total. The van der Waals surface area contributed by atoms with Crippen LogP contribution in [0.3, 0.4) is 0 Å². The van der Waals surface area contributed by atoms with Crippen LogP contribution < -0.4 is 10.6 Å². The van der Waals surface area contributed by atoms with Crippen molar-refractivity contribution in [2.24, 2.45) is 0 Å². The van der Waals surface area contributed by atoms with Crippen molar-refractivity contribution in [3.8, 4) is 0 Å². The molecule has 0 aliphatic carbocycles. The summed E-state index contributed by atoms with van der Waals surface area (Å²) >= 11 is 2.83. The summed E-state index contributed by atoms with van der Waals surface area (Å²) in [5, 5.41) is 7.88. The van der Waals surface area contributed by atoms with Gasteiger partial charge >= 0.3 is 0 Å². The molecule has 7 heteroatoms. The van der Waals surface area contributed by atoms with E-state index in [1.807, 2.05) is 73.8 Å². The number of hydrogen-bond acceptors (Lipinski definition) is 5. The van der Waals surface area contributed by atoms with Crippen LogP contribution in [0.5, 0.6) is 0 Å². The van der Waals surface area contributed by atoms with Crippen molar-refractivity contribution >= 4 is 51.8 Å². The zero-order chi connectivity index (χ0) is 20.6. The van der Waals surface area contributed by atoms with E-state index in [9.17, 15) is 9.59 Å². The lowest BCUT2D eigenvalue weighted by Crippen LogP contribution is -2.22. The first kappa shape index (κ1) is 20.8. The van der Waals surface area contributed by atoms with Gasteiger partial charge < -0.3 is 10.6 Å². The molecule has 0 saturated carbocycles. The van der Waals surface area contributed by atoms with E-state index in [0.717, 1.165) is 16.2 Å². The molecule has 0 radical (unpaired) electrons. The molecule has 0 aliphatic heterocycles. The number of benzene rings is 2. The predicted molar refractivity (Wildman–Crippen MR) is 121 cm³/mol. The lowest BCUT2D eigenvalue weighted by molar-refractivity contribution is -0.115. The molecule has 0 aliphatic rings. The summed E-state index contributed by atoms with van der Waals surface area (Å²) in [6, 6.07) is 17.1.